The standard InChI is InChI=1S/C28H22N2O3S/c1-3-30-27(31)22(17(2)23(16-29)28(30)32)13-21-14-26-24(33-21)15-25(34-26)20-11-9-19(10-12-20)18-7-5-4-6-8-18/h4-15,17,23H,3H2,1-2H3/b22-13-. The lowest BCUT2D eigenvalue weighted by atomic mass is 9.82. The van der Waals surface area contributed by atoms with Gasteiger partial charge in [0.25, 0.3) is 5.91 Å². The highest BCUT2D eigenvalue weighted by atomic mass is 32.1. The molecule has 2 unspecified atom stereocenters. The topological polar surface area (TPSA) is 74.3 Å². The zero-order valence-electron chi connectivity index (χ0n) is 18.8. The average Bonchev–Trinajstić information content (AvgIpc) is 3.42. The average molecular weight is 467 g/mol. The molecule has 5 rings (SSSR count). The summed E-state index contributed by atoms with van der Waals surface area (Å²) in [4.78, 5) is 27.5. The molecule has 5 nitrogen and oxygen atoms in total. The van der Waals surface area contributed by atoms with Gasteiger partial charge in [-0.25, -0.2) is 0 Å². The molecule has 1 aliphatic rings. The number of benzene rings is 2. The van der Waals surface area contributed by atoms with Crippen LogP contribution in [0.1, 0.15) is 19.6 Å². The van der Waals surface area contributed by atoms with Gasteiger partial charge in [0.2, 0.25) is 5.91 Å². The van der Waals surface area contributed by atoms with Gasteiger partial charge in [-0.05, 0) is 29.7 Å². The molecule has 0 N–H and O–H groups in total. The largest absolute Gasteiger partial charge is 0.456 e. The van der Waals surface area contributed by atoms with E-state index in [1.807, 2.05) is 30.3 Å². The lowest BCUT2D eigenvalue weighted by Crippen LogP contribution is -2.49. The van der Waals surface area contributed by atoms with Crippen LogP contribution in [0.25, 0.3) is 37.9 Å². The first-order chi connectivity index (χ1) is 16.5. The molecule has 2 aromatic heterocycles. The molecule has 0 saturated carbocycles. The quantitative estimate of drug-likeness (QED) is 0.258. The van der Waals surface area contributed by atoms with Crippen molar-refractivity contribution < 1.29 is 14.0 Å². The molecule has 0 spiro atoms. The Labute approximate surface area is 201 Å². The number of likely N-dealkylation sites (N-methyl/N-ethyl adjacent to an activating group) is 1. The summed E-state index contributed by atoms with van der Waals surface area (Å²) < 4.78 is 7.00. The van der Waals surface area contributed by atoms with Gasteiger partial charge in [0.15, 0.2) is 0 Å². The molecule has 0 radical (unpaired) electrons. The van der Waals surface area contributed by atoms with E-state index in [0.29, 0.717) is 11.3 Å². The zero-order chi connectivity index (χ0) is 23.8. The smallest absolute Gasteiger partial charge is 0.256 e. The van der Waals surface area contributed by atoms with E-state index >= 15 is 0 Å². The number of likely N-dealkylation sites (tertiary alicyclic amines) is 1. The van der Waals surface area contributed by atoms with Gasteiger partial charge in [-0.1, -0.05) is 61.5 Å². The first-order valence-electron chi connectivity index (χ1n) is 11.2. The van der Waals surface area contributed by atoms with E-state index in [1.165, 1.54) is 11.1 Å². The second-order valence-electron chi connectivity index (χ2n) is 8.31. The molecule has 0 aliphatic carbocycles. The monoisotopic (exact) mass is 466 g/mol. The number of imide groups is 1. The Hall–Kier alpha value is -3.95. The fourth-order valence-electron chi connectivity index (χ4n) is 4.35. The third-order valence-corrected chi connectivity index (χ3v) is 7.38. The SMILES string of the molecule is CCN1C(=O)/C(=C\c2cc3sc(-c4ccc(-c5ccccc5)cc4)cc3o2)C(C)C(C#N)C1=O. The Morgan fingerprint density at radius 1 is 1.03 bits per heavy atom. The summed E-state index contributed by atoms with van der Waals surface area (Å²) in [6, 6.07) is 24.7. The van der Waals surface area contributed by atoms with Crippen LogP contribution in [0.5, 0.6) is 0 Å². The maximum absolute atomic E-state index is 12.9. The van der Waals surface area contributed by atoms with Gasteiger partial charge in [0.05, 0.1) is 10.8 Å². The molecule has 168 valence electrons. The molecular formula is C28H22N2O3S. The van der Waals surface area contributed by atoms with Crippen molar-refractivity contribution in [3.63, 3.8) is 0 Å². The van der Waals surface area contributed by atoms with E-state index in [2.05, 4.69) is 42.5 Å². The molecule has 1 fully saturated rings. The summed E-state index contributed by atoms with van der Waals surface area (Å²) in [5, 5.41) is 9.46. The van der Waals surface area contributed by atoms with E-state index in [1.54, 1.807) is 31.3 Å². The van der Waals surface area contributed by atoms with Crippen LogP contribution in [0.3, 0.4) is 0 Å². The van der Waals surface area contributed by atoms with Gasteiger partial charge in [-0.2, -0.15) is 5.26 Å². The van der Waals surface area contributed by atoms with Gasteiger partial charge in [0, 0.05) is 35.0 Å². The summed E-state index contributed by atoms with van der Waals surface area (Å²) in [6.45, 7) is 3.71. The number of carbonyl (C=O) groups is 2. The van der Waals surface area contributed by atoms with Crippen molar-refractivity contribution >= 4 is 39.5 Å². The van der Waals surface area contributed by atoms with Crippen LogP contribution in [0.4, 0.5) is 0 Å². The van der Waals surface area contributed by atoms with Crippen LogP contribution in [0.2, 0.25) is 0 Å². The number of rotatable bonds is 4. The molecule has 2 amide bonds. The van der Waals surface area contributed by atoms with Crippen molar-refractivity contribution in [2.24, 2.45) is 11.8 Å². The lowest BCUT2D eigenvalue weighted by molar-refractivity contribution is -0.147. The fraction of sp³-hybridized carbons (Fsp3) is 0.179. The molecule has 4 aromatic rings. The first kappa shape index (κ1) is 21.9. The van der Waals surface area contributed by atoms with Gasteiger partial charge < -0.3 is 4.42 Å². The summed E-state index contributed by atoms with van der Waals surface area (Å²) in [6.07, 6.45) is 1.67. The molecule has 0 bridgehead atoms. The van der Waals surface area contributed by atoms with E-state index in [0.717, 1.165) is 25.6 Å². The van der Waals surface area contributed by atoms with Crippen LogP contribution < -0.4 is 0 Å². The molecule has 2 aromatic carbocycles. The highest BCUT2D eigenvalue weighted by molar-refractivity contribution is 7.22. The van der Waals surface area contributed by atoms with Crippen molar-refractivity contribution in [1.82, 2.24) is 4.90 Å². The molecular weight excluding hydrogens is 444 g/mol. The minimum Gasteiger partial charge on any atom is -0.456 e. The van der Waals surface area contributed by atoms with E-state index < -0.39 is 17.7 Å². The maximum Gasteiger partial charge on any atom is 0.256 e. The van der Waals surface area contributed by atoms with Crippen molar-refractivity contribution in [1.29, 1.82) is 5.26 Å². The highest BCUT2D eigenvalue weighted by Crippen LogP contribution is 2.38. The number of piperidine rings is 1. The number of amides is 2. The first-order valence-corrected chi connectivity index (χ1v) is 12.0. The van der Waals surface area contributed by atoms with Crippen LogP contribution in [0.15, 0.2) is 76.7 Å². The summed E-state index contributed by atoms with van der Waals surface area (Å²) in [5.74, 6) is -1.60. The van der Waals surface area contributed by atoms with Crippen molar-refractivity contribution in [2.45, 2.75) is 13.8 Å². The summed E-state index contributed by atoms with van der Waals surface area (Å²) in [5.41, 5.74) is 4.63. The van der Waals surface area contributed by atoms with Gasteiger partial charge in [-0.3, -0.25) is 14.5 Å². The van der Waals surface area contributed by atoms with E-state index in [9.17, 15) is 14.9 Å². The molecule has 34 heavy (non-hydrogen) atoms. The molecule has 1 saturated heterocycles. The molecule has 1 aliphatic heterocycles. The van der Waals surface area contributed by atoms with Gasteiger partial charge in [0.1, 0.15) is 17.3 Å². The second-order valence-corrected chi connectivity index (χ2v) is 9.40. The molecule has 2 atom stereocenters. The fourth-order valence-corrected chi connectivity index (χ4v) is 5.38. The minimum absolute atomic E-state index is 0.236. The van der Waals surface area contributed by atoms with Gasteiger partial charge >= 0.3 is 0 Å². The van der Waals surface area contributed by atoms with Crippen LogP contribution in [-0.4, -0.2) is 23.3 Å². The lowest BCUT2D eigenvalue weighted by Gasteiger charge is -2.32. The number of nitrogens with zero attached hydrogens (tertiary/aromatic N) is 2. The Kier molecular flexibility index (Phi) is 5.64. The van der Waals surface area contributed by atoms with Crippen molar-refractivity contribution in [3.05, 3.63) is 78.1 Å². The summed E-state index contributed by atoms with van der Waals surface area (Å²) in [7, 11) is 0. The Morgan fingerprint density at radius 2 is 1.71 bits per heavy atom. The molecule has 6 heteroatoms. The predicted octanol–water partition coefficient (Wildman–Crippen LogP) is 6.38. The van der Waals surface area contributed by atoms with E-state index in [4.69, 9.17) is 4.42 Å². The number of nitriles is 1. The Morgan fingerprint density at radius 3 is 2.35 bits per heavy atom. The Bertz CT molecular complexity index is 1420. The number of hydrogen-bond donors (Lipinski definition) is 0. The van der Waals surface area contributed by atoms with E-state index in [-0.39, 0.29) is 12.5 Å². The maximum atomic E-state index is 12.9. The van der Waals surface area contributed by atoms with Crippen LogP contribution in [-0.2, 0) is 9.59 Å². The van der Waals surface area contributed by atoms with Crippen LogP contribution >= 0.6 is 11.3 Å². The Balaban J connectivity index is 1.43. The zero-order valence-corrected chi connectivity index (χ0v) is 19.6. The second kappa shape index (κ2) is 8.77. The van der Waals surface area contributed by atoms with Gasteiger partial charge in [-0.15, -0.1) is 11.3 Å². The minimum atomic E-state index is -0.870. The van der Waals surface area contributed by atoms with Crippen molar-refractivity contribution in [2.75, 3.05) is 6.54 Å². The normalized spacial score (nSPS) is 19.7. The molecule has 3 heterocycles. The summed E-state index contributed by atoms with van der Waals surface area (Å²) >= 11 is 1.62. The third-order valence-electron chi connectivity index (χ3n) is 6.27. The number of carbonyl (C=O) groups excluding carboxylic acids is 2. The number of hydrogen-bond acceptors (Lipinski definition) is 5. The van der Waals surface area contributed by atoms with Crippen LogP contribution in [0, 0.1) is 23.2 Å². The van der Waals surface area contributed by atoms with Crippen molar-refractivity contribution in [3.8, 4) is 27.6 Å². The number of furan rings is 1. The predicted molar refractivity (Wildman–Crippen MR) is 134 cm³/mol. The number of fused-ring (bicyclic) bond motifs is 1. The highest BCUT2D eigenvalue weighted by Gasteiger charge is 2.42. The number of thiophene rings is 1. The third kappa shape index (κ3) is 3.74.